The molecule has 21 heavy (non-hydrogen) atoms. The zero-order chi connectivity index (χ0) is 15.4. The van der Waals surface area contributed by atoms with E-state index in [1.54, 1.807) is 0 Å². The number of fused-ring (bicyclic) bond motifs is 1. The summed E-state index contributed by atoms with van der Waals surface area (Å²) in [4.78, 5) is 17.4. The van der Waals surface area contributed by atoms with E-state index in [2.05, 4.69) is 6.07 Å². The zero-order valence-electron chi connectivity index (χ0n) is 12.6. The SMILES string of the molecule is CC(C)N(CCC(=O)O)c1nc2c(cc1C#N)CCCC2. The van der Waals surface area contributed by atoms with Crippen molar-refractivity contribution in [2.24, 2.45) is 0 Å². The first kappa shape index (κ1) is 15.3. The van der Waals surface area contributed by atoms with Crippen molar-refractivity contribution in [2.45, 2.75) is 52.0 Å². The number of carbonyl (C=O) groups is 1. The second-order valence-corrected chi connectivity index (χ2v) is 5.72. The van der Waals surface area contributed by atoms with Crippen LogP contribution in [0.3, 0.4) is 0 Å². The minimum atomic E-state index is -0.836. The van der Waals surface area contributed by atoms with Crippen LogP contribution in [0.15, 0.2) is 6.07 Å². The predicted octanol–water partition coefficient (Wildman–Crippen LogP) is 2.52. The third-order valence-corrected chi connectivity index (χ3v) is 3.86. The van der Waals surface area contributed by atoms with Crippen molar-refractivity contribution in [3.05, 3.63) is 22.9 Å². The van der Waals surface area contributed by atoms with Crippen LogP contribution >= 0.6 is 0 Å². The van der Waals surface area contributed by atoms with Gasteiger partial charge in [0.05, 0.1) is 12.0 Å². The van der Waals surface area contributed by atoms with Gasteiger partial charge in [-0.25, -0.2) is 4.98 Å². The van der Waals surface area contributed by atoms with E-state index in [1.807, 2.05) is 24.8 Å². The number of nitrogens with zero attached hydrogens (tertiary/aromatic N) is 3. The van der Waals surface area contributed by atoms with Gasteiger partial charge in [-0.1, -0.05) is 0 Å². The maximum Gasteiger partial charge on any atom is 0.305 e. The van der Waals surface area contributed by atoms with Crippen molar-refractivity contribution < 1.29 is 9.90 Å². The molecule has 1 aromatic rings. The molecule has 0 atom stereocenters. The van der Waals surface area contributed by atoms with Crippen LogP contribution in [0.5, 0.6) is 0 Å². The molecule has 0 fully saturated rings. The van der Waals surface area contributed by atoms with Crippen molar-refractivity contribution in [2.75, 3.05) is 11.4 Å². The van der Waals surface area contributed by atoms with Crippen LogP contribution in [0.1, 0.15) is 49.9 Å². The maximum absolute atomic E-state index is 10.8. The largest absolute Gasteiger partial charge is 0.481 e. The predicted molar refractivity (Wildman–Crippen MR) is 80.3 cm³/mol. The second kappa shape index (κ2) is 6.57. The van der Waals surface area contributed by atoms with Crippen LogP contribution in [0, 0.1) is 11.3 Å². The highest BCUT2D eigenvalue weighted by atomic mass is 16.4. The van der Waals surface area contributed by atoms with Gasteiger partial charge in [-0.15, -0.1) is 0 Å². The van der Waals surface area contributed by atoms with Gasteiger partial charge in [0.25, 0.3) is 0 Å². The molecule has 0 aliphatic heterocycles. The van der Waals surface area contributed by atoms with E-state index < -0.39 is 5.97 Å². The average Bonchev–Trinajstić information content (AvgIpc) is 2.46. The third kappa shape index (κ3) is 3.52. The Hall–Kier alpha value is -2.09. The fourth-order valence-electron chi connectivity index (χ4n) is 2.75. The van der Waals surface area contributed by atoms with Crippen LogP contribution < -0.4 is 4.90 Å². The minimum absolute atomic E-state index is 0.0435. The summed E-state index contributed by atoms with van der Waals surface area (Å²) in [6, 6.07) is 4.26. The number of anilines is 1. The van der Waals surface area contributed by atoms with Gasteiger partial charge in [0, 0.05) is 18.3 Å². The number of aliphatic carboxylic acids is 1. The molecule has 0 bridgehead atoms. The van der Waals surface area contributed by atoms with Crippen LogP contribution in [-0.4, -0.2) is 28.6 Å². The van der Waals surface area contributed by atoms with E-state index in [-0.39, 0.29) is 12.5 Å². The van der Waals surface area contributed by atoms with Crippen molar-refractivity contribution in [3.63, 3.8) is 0 Å². The molecule has 1 N–H and O–H groups in total. The molecule has 1 aliphatic rings. The molecule has 1 heterocycles. The molecule has 0 aromatic carbocycles. The lowest BCUT2D eigenvalue weighted by Gasteiger charge is -2.29. The summed E-state index contributed by atoms with van der Waals surface area (Å²) in [7, 11) is 0. The van der Waals surface area contributed by atoms with Gasteiger partial charge in [0.15, 0.2) is 0 Å². The Balaban J connectivity index is 2.39. The lowest BCUT2D eigenvalue weighted by molar-refractivity contribution is -0.136. The highest BCUT2D eigenvalue weighted by molar-refractivity contribution is 5.68. The molecule has 0 radical (unpaired) electrons. The van der Waals surface area contributed by atoms with Crippen molar-refractivity contribution >= 4 is 11.8 Å². The topological polar surface area (TPSA) is 77.2 Å². The fraction of sp³-hybridized carbons (Fsp3) is 0.562. The van der Waals surface area contributed by atoms with Crippen LogP contribution in [0.2, 0.25) is 0 Å². The Morgan fingerprint density at radius 2 is 2.19 bits per heavy atom. The molecule has 1 aliphatic carbocycles. The first-order valence-corrected chi connectivity index (χ1v) is 7.44. The first-order valence-electron chi connectivity index (χ1n) is 7.44. The Labute approximate surface area is 125 Å². The molecular weight excluding hydrogens is 266 g/mol. The Morgan fingerprint density at radius 1 is 1.48 bits per heavy atom. The minimum Gasteiger partial charge on any atom is -0.481 e. The molecule has 5 heteroatoms. The second-order valence-electron chi connectivity index (χ2n) is 5.72. The Morgan fingerprint density at radius 3 is 2.81 bits per heavy atom. The van der Waals surface area contributed by atoms with E-state index in [4.69, 9.17) is 10.1 Å². The zero-order valence-corrected chi connectivity index (χ0v) is 12.6. The number of carboxylic acids is 1. The van der Waals surface area contributed by atoms with Crippen LogP contribution in [-0.2, 0) is 17.6 Å². The van der Waals surface area contributed by atoms with Crippen molar-refractivity contribution in [1.29, 1.82) is 5.26 Å². The van der Waals surface area contributed by atoms with Gasteiger partial charge in [0.2, 0.25) is 0 Å². The highest BCUT2D eigenvalue weighted by Crippen LogP contribution is 2.27. The summed E-state index contributed by atoms with van der Waals surface area (Å²) < 4.78 is 0. The van der Waals surface area contributed by atoms with E-state index >= 15 is 0 Å². The smallest absolute Gasteiger partial charge is 0.305 e. The quantitative estimate of drug-likeness (QED) is 0.900. The van der Waals surface area contributed by atoms with Gasteiger partial charge in [0.1, 0.15) is 11.9 Å². The molecule has 0 saturated heterocycles. The average molecular weight is 287 g/mol. The Kier molecular flexibility index (Phi) is 4.79. The number of hydrogen-bond donors (Lipinski definition) is 1. The summed E-state index contributed by atoms with van der Waals surface area (Å²) in [5.41, 5.74) is 2.79. The monoisotopic (exact) mass is 287 g/mol. The number of hydrogen-bond acceptors (Lipinski definition) is 4. The number of nitriles is 1. The van der Waals surface area contributed by atoms with Gasteiger partial charge in [-0.3, -0.25) is 4.79 Å². The molecular formula is C16H21N3O2. The van der Waals surface area contributed by atoms with Crippen LogP contribution in [0.25, 0.3) is 0 Å². The summed E-state index contributed by atoms with van der Waals surface area (Å²) in [6.07, 6.45) is 4.24. The number of pyridine rings is 1. The number of rotatable bonds is 5. The van der Waals surface area contributed by atoms with Gasteiger partial charge < -0.3 is 10.0 Å². The normalized spacial score (nSPS) is 13.6. The Bertz CT molecular complexity index is 576. The van der Waals surface area contributed by atoms with Gasteiger partial charge in [-0.2, -0.15) is 5.26 Å². The summed E-state index contributed by atoms with van der Waals surface area (Å²) in [6.45, 7) is 4.35. The highest BCUT2D eigenvalue weighted by Gasteiger charge is 2.21. The fourth-order valence-corrected chi connectivity index (χ4v) is 2.75. The summed E-state index contributed by atoms with van der Waals surface area (Å²) in [5.74, 6) is -0.202. The van der Waals surface area contributed by atoms with E-state index in [1.165, 1.54) is 5.56 Å². The van der Waals surface area contributed by atoms with Crippen molar-refractivity contribution in [1.82, 2.24) is 4.98 Å². The van der Waals surface area contributed by atoms with E-state index in [0.717, 1.165) is 31.4 Å². The van der Waals surface area contributed by atoms with E-state index in [9.17, 15) is 10.1 Å². The maximum atomic E-state index is 10.8. The molecule has 0 unspecified atom stereocenters. The summed E-state index contributed by atoms with van der Waals surface area (Å²) in [5, 5.41) is 18.3. The number of carboxylic acid groups (broad SMARTS) is 1. The van der Waals surface area contributed by atoms with Crippen molar-refractivity contribution in [3.8, 4) is 6.07 Å². The molecule has 112 valence electrons. The standard InChI is InChI=1S/C16H21N3O2/c1-11(2)19(8-7-15(20)21)16-13(10-17)9-12-5-3-4-6-14(12)18-16/h9,11H,3-8H2,1-2H3,(H,20,21). The number of aromatic nitrogens is 1. The number of aryl methyl sites for hydroxylation is 2. The third-order valence-electron chi connectivity index (χ3n) is 3.86. The summed E-state index contributed by atoms with van der Waals surface area (Å²) >= 11 is 0. The van der Waals surface area contributed by atoms with Gasteiger partial charge in [-0.05, 0) is 51.2 Å². The lowest BCUT2D eigenvalue weighted by atomic mass is 9.94. The van der Waals surface area contributed by atoms with Crippen LogP contribution in [0.4, 0.5) is 5.82 Å². The first-order chi connectivity index (χ1) is 10.0. The van der Waals surface area contributed by atoms with Gasteiger partial charge >= 0.3 is 5.97 Å². The molecule has 2 rings (SSSR count). The molecule has 0 spiro atoms. The molecule has 1 aromatic heterocycles. The molecule has 0 amide bonds. The lowest BCUT2D eigenvalue weighted by Crippen LogP contribution is -2.34. The van der Waals surface area contributed by atoms with E-state index in [0.29, 0.717) is 17.9 Å². The molecule has 0 saturated carbocycles. The molecule has 5 nitrogen and oxygen atoms in total.